The van der Waals surface area contributed by atoms with Gasteiger partial charge in [0.15, 0.2) is 0 Å². The van der Waals surface area contributed by atoms with Crippen LogP contribution in [-0.2, 0) is 12.8 Å². The molecule has 1 heterocycles. The van der Waals surface area contributed by atoms with E-state index >= 15 is 0 Å². The fraction of sp³-hybridized carbons (Fsp3) is 0.133. The van der Waals surface area contributed by atoms with Gasteiger partial charge in [0.25, 0.3) is 0 Å². The highest BCUT2D eigenvalue weighted by Gasteiger charge is 2.08. The van der Waals surface area contributed by atoms with E-state index in [9.17, 15) is 4.39 Å². The maximum atomic E-state index is 13.5. The van der Waals surface area contributed by atoms with Gasteiger partial charge in [-0.2, -0.15) is 0 Å². The van der Waals surface area contributed by atoms with Crippen LogP contribution in [0.5, 0.6) is 0 Å². The Bertz CT molecular complexity index is 728. The van der Waals surface area contributed by atoms with Gasteiger partial charge in [-0.25, -0.2) is 9.37 Å². The molecule has 0 spiro atoms. The summed E-state index contributed by atoms with van der Waals surface area (Å²) in [7, 11) is 0. The highest BCUT2D eigenvalue weighted by atomic mass is 79.9. The van der Waals surface area contributed by atoms with E-state index in [2.05, 4.69) is 25.9 Å². The summed E-state index contributed by atoms with van der Waals surface area (Å²) >= 11 is 3.17. The number of nitrogen functional groups attached to an aromatic ring is 1. The molecule has 0 aliphatic rings. The van der Waals surface area contributed by atoms with Crippen molar-refractivity contribution in [1.29, 1.82) is 0 Å². The molecule has 20 heavy (non-hydrogen) atoms. The van der Waals surface area contributed by atoms with Crippen LogP contribution in [0, 0.1) is 5.82 Å². The second kappa shape index (κ2) is 5.25. The van der Waals surface area contributed by atoms with Gasteiger partial charge >= 0.3 is 0 Å². The lowest BCUT2D eigenvalue weighted by Gasteiger charge is -2.03. The molecule has 0 unspecified atom stereocenters. The largest absolute Gasteiger partial charge is 0.399 e. The SMILES string of the molecule is Nc1ccccc1CCc1nc2cc(Br)c(F)cc2[nH]1. The number of anilines is 1. The van der Waals surface area contributed by atoms with E-state index in [0.717, 1.165) is 35.4 Å². The summed E-state index contributed by atoms with van der Waals surface area (Å²) in [6, 6.07) is 10.9. The van der Waals surface area contributed by atoms with Crippen molar-refractivity contribution >= 4 is 32.7 Å². The first-order valence-electron chi connectivity index (χ1n) is 6.30. The van der Waals surface area contributed by atoms with E-state index in [0.29, 0.717) is 9.99 Å². The van der Waals surface area contributed by atoms with Crippen LogP contribution < -0.4 is 5.73 Å². The standard InChI is InChI=1S/C15H13BrFN3/c16-10-7-13-14(8-11(10)17)20-15(19-13)6-5-9-3-1-2-4-12(9)18/h1-4,7-8H,5-6,18H2,(H,19,20). The molecule has 0 bridgehead atoms. The summed E-state index contributed by atoms with van der Waals surface area (Å²) in [6.45, 7) is 0. The van der Waals surface area contributed by atoms with Crippen molar-refractivity contribution in [2.45, 2.75) is 12.8 Å². The van der Waals surface area contributed by atoms with Crippen LogP contribution >= 0.6 is 15.9 Å². The zero-order chi connectivity index (χ0) is 14.1. The second-order valence-electron chi connectivity index (χ2n) is 4.67. The molecular formula is C15H13BrFN3. The summed E-state index contributed by atoms with van der Waals surface area (Å²) in [5, 5.41) is 0. The smallest absolute Gasteiger partial charge is 0.139 e. The van der Waals surface area contributed by atoms with Crippen molar-refractivity contribution in [3.05, 3.63) is 58.1 Å². The first kappa shape index (κ1) is 13.1. The van der Waals surface area contributed by atoms with Gasteiger partial charge < -0.3 is 10.7 Å². The van der Waals surface area contributed by atoms with E-state index in [1.165, 1.54) is 6.07 Å². The van der Waals surface area contributed by atoms with E-state index in [4.69, 9.17) is 5.73 Å². The third-order valence-corrected chi connectivity index (χ3v) is 3.87. The molecule has 3 N–H and O–H groups in total. The van der Waals surface area contributed by atoms with Crippen LogP contribution in [0.2, 0.25) is 0 Å². The van der Waals surface area contributed by atoms with Gasteiger partial charge in [-0.05, 0) is 40.0 Å². The molecule has 0 fully saturated rings. The number of fused-ring (bicyclic) bond motifs is 1. The molecule has 3 nitrogen and oxygen atoms in total. The van der Waals surface area contributed by atoms with Crippen LogP contribution in [0.4, 0.5) is 10.1 Å². The van der Waals surface area contributed by atoms with Crippen molar-refractivity contribution in [3.8, 4) is 0 Å². The Labute approximate surface area is 124 Å². The Hall–Kier alpha value is -1.88. The van der Waals surface area contributed by atoms with Crippen LogP contribution in [0.15, 0.2) is 40.9 Å². The summed E-state index contributed by atoms with van der Waals surface area (Å²) in [5.41, 5.74) is 9.27. The topological polar surface area (TPSA) is 54.7 Å². The van der Waals surface area contributed by atoms with Crippen molar-refractivity contribution in [1.82, 2.24) is 9.97 Å². The van der Waals surface area contributed by atoms with E-state index < -0.39 is 0 Å². The maximum Gasteiger partial charge on any atom is 0.139 e. The Morgan fingerprint density at radius 2 is 2.00 bits per heavy atom. The maximum absolute atomic E-state index is 13.5. The number of H-pyrrole nitrogens is 1. The lowest BCUT2D eigenvalue weighted by molar-refractivity contribution is 0.623. The van der Waals surface area contributed by atoms with Gasteiger partial charge in [-0.1, -0.05) is 18.2 Å². The lowest BCUT2D eigenvalue weighted by Crippen LogP contribution is -1.97. The number of halogens is 2. The molecule has 3 aromatic rings. The first-order chi connectivity index (χ1) is 9.63. The summed E-state index contributed by atoms with van der Waals surface area (Å²) in [6.07, 6.45) is 1.54. The van der Waals surface area contributed by atoms with E-state index in [1.54, 1.807) is 6.07 Å². The number of hydrogen-bond donors (Lipinski definition) is 2. The van der Waals surface area contributed by atoms with Crippen molar-refractivity contribution in [2.75, 3.05) is 5.73 Å². The number of para-hydroxylation sites is 1. The van der Waals surface area contributed by atoms with Crippen molar-refractivity contribution in [2.24, 2.45) is 0 Å². The molecule has 102 valence electrons. The molecule has 0 aliphatic carbocycles. The molecule has 1 aromatic heterocycles. The Kier molecular flexibility index (Phi) is 3.44. The number of aromatic amines is 1. The molecule has 2 aromatic carbocycles. The fourth-order valence-corrected chi connectivity index (χ4v) is 2.52. The average molecular weight is 334 g/mol. The summed E-state index contributed by atoms with van der Waals surface area (Å²) in [5.74, 6) is 0.542. The van der Waals surface area contributed by atoms with Gasteiger partial charge in [0.1, 0.15) is 11.6 Å². The van der Waals surface area contributed by atoms with Crippen molar-refractivity contribution in [3.63, 3.8) is 0 Å². The fourth-order valence-electron chi connectivity index (χ4n) is 2.19. The molecule has 0 saturated carbocycles. The molecule has 3 rings (SSSR count). The van der Waals surface area contributed by atoms with Crippen LogP contribution in [0.3, 0.4) is 0 Å². The number of benzene rings is 2. The zero-order valence-electron chi connectivity index (χ0n) is 10.7. The predicted octanol–water partition coefficient (Wildman–Crippen LogP) is 3.83. The Balaban J connectivity index is 1.83. The van der Waals surface area contributed by atoms with Gasteiger partial charge in [0.05, 0.1) is 15.5 Å². The number of aryl methyl sites for hydroxylation is 2. The molecule has 0 radical (unpaired) electrons. The normalized spacial score (nSPS) is 11.1. The average Bonchev–Trinajstić information content (AvgIpc) is 2.80. The van der Waals surface area contributed by atoms with E-state index in [-0.39, 0.29) is 5.82 Å². The van der Waals surface area contributed by atoms with Crippen LogP contribution in [0.25, 0.3) is 11.0 Å². The number of imidazole rings is 1. The molecule has 0 aliphatic heterocycles. The molecule has 0 amide bonds. The minimum atomic E-state index is -0.292. The van der Waals surface area contributed by atoms with Gasteiger partial charge in [-0.3, -0.25) is 0 Å². The first-order valence-corrected chi connectivity index (χ1v) is 7.10. The van der Waals surface area contributed by atoms with Gasteiger partial charge in [0.2, 0.25) is 0 Å². The van der Waals surface area contributed by atoms with Crippen LogP contribution in [-0.4, -0.2) is 9.97 Å². The third kappa shape index (κ3) is 2.54. The number of nitrogens with zero attached hydrogens (tertiary/aromatic N) is 1. The molecule has 0 saturated heterocycles. The molecule has 5 heteroatoms. The Morgan fingerprint density at radius 1 is 1.20 bits per heavy atom. The number of rotatable bonds is 3. The lowest BCUT2D eigenvalue weighted by atomic mass is 10.1. The zero-order valence-corrected chi connectivity index (χ0v) is 12.2. The minimum absolute atomic E-state index is 0.292. The summed E-state index contributed by atoms with van der Waals surface area (Å²) in [4.78, 5) is 7.61. The highest BCUT2D eigenvalue weighted by Crippen LogP contribution is 2.22. The Morgan fingerprint density at radius 3 is 2.80 bits per heavy atom. The second-order valence-corrected chi connectivity index (χ2v) is 5.52. The number of nitrogens with one attached hydrogen (secondary N) is 1. The van der Waals surface area contributed by atoms with Gasteiger partial charge in [-0.15, -0.1) is 0 Å². The van der Waals surface area contributed by atoms with Crippen molar-refractivity contribution < 1.29 is 4.39 Å². The summed E-state index contributed by atoms with van der Waals surface area (Å²) < 4.78 is 13.9. The molecular weight excluding hydrogens is 321 g/mol. The highest BCUT2D eigenvalue weighted by molar-refractivity contribution is 9.10. The number of hydrogen-bond acceptors (Lipinski definition) is 2. The third-order valence-electron chi connectivity index (χ3n) is 3.26. The number of nitrogens with two attached hydrogens (primary N) is 1. The van der Waals surface area contributed by atoms with E-state index in [1.807, 2.05) is 24.3 Å². The predicted molar refractivity (Wildman–Crippen MR) is 82.0 cm³/mol. The molecule has 0 atom stereocenters. The van der Waals surface area contributed by atoms with Gasteiger partial charge in [0, 0.05) is 18.2 Å². The number of aromatic nitrogens is 2. The van der Waals surface area contributed by atoms with Crippen LogP contribution in [0.1, 0.15) is 11.4 Å². The quantitative estimate of drug-likeness (QED) is 0.715. The monoisotopic (exact) mass is 333 g/mol. The minimum Gasteiger partial charge on any atom is -0.399 e.